The van der Waals surface area contributed by atoms with Crippen molar-refractivity contribution >= 4 is 0 Å². The van der Waals surface area contributed by atoms with Gasteiger partial charge in [-0.2, -0.15) is 0 Å². The van der Waals surface area contributed by atoms with E-state index in [9.17, 15) is 0 Å². The van der Waals surface area contributed by atoms with Crippen molar-refractivity contribution in [1.29, 1.82) is 0 Å². The summed E-state index contributed by atoms with van der Waals surface area (Å²) >= 11 is 0. The van der Waals surface area contributed by atoms with Crippen molar-refractivity contribution < 1.29 is 4.74 Å². The molecule has 0 aliphatic heterocycles. The molecule has 19 heavy (non-hydrogen) atoms. The van der Waals surface area contributed by atoms with E-state index in [1.54, 1.807) is 13.4 Å². The lowest BCUT2D eigenvalue weighted by Crippen LogP contribution is -2.04. The Kier molecular flexibility index (Phi) is 3.90. The molecule has 0 fully saturated rings. The van der Waals surface area contributed by atoms with Crippen LogP contribution in [-0.4, -0.2) is 16.7 Å². The summed E-state index contributed by atoms with van der Waals surface area (Å²) in [5.74, 6) is 1.30. The Balaban J connectivity index is 2.61. The number of aromatic nitrogens is 2. The number of hydrogen-bond acceptors (Lipinski definition) is 3. The number of imidazole rings is 1. The van der Waals surface area contributed by atoms with Crippen LogP contribution in [-0.2, 0) is 13.6 Å². The quantitative estimate of drug-likeness (QED) is 0.918. The first-order valence-electron chi connectivity index (χ1n) is 6.47. The van der Waals surface area contributed by atoms with Crippen LogP contribution in [0.25, 0.3) is 11.3 Å². The molecule has 102 valence electrons. The molecule has 1 aromatic heterocycles. The van der Waals surface area contributed by atoms with Crippen LogP contribution in [0, 0.1) is 0 Å². The Labute approximate surface area is 114 Å². The molecule has 0 bridgehead atoms. The van der Waals surface area contributed by atoms with Gasteiger partial charge in [0.1, 0.15) is 5.75 Å². The Morgan fingerprint density at radius 2 is 2.11 bits per heavy atom. The molecular weight excluding hydrogens is 238 g/mol. The summed E-state index contributed by atoms with van der Waals surface area (Å²) in [6.07, 6.45) is 1.79. The van der Waals surface area contributed by atoms with Crippen LogP contribution in [0.4, 0.5) is 0 Å². The predicted octanol–water partition coefficient (Wildman–Crippen LogP) is 2.68. The first-order chi connectivity index (χ1) is 9.08. The highest BCUT2D eigenvalue weighted by molar-refractivity contribution is 5.70. The van der Waals surface area contributed by atoms with Gasteiger partial charge in [0.25, 0.3) is 0 Å². The molecule has 0 aliphatic rings. The molecule has 4 nitrogen and oxygen atoms in total. The summed E-state index contributed by atoms with van der Waals surface area (Å²) in [6, 6.07) is 6.24. The van der Waals surface area contributed by atoms with E-state index >= 15 is 0 Å². The van der Waals surface area contributed by atoms with E-state index in [1.807, 2.05) is 17.7 Å². The molecule has 2 rings (SSSR count). The summed E-state index contributed by atoms with van der Waals surface area (Å²) in [7, 11) is 3.64. The van der Waals surface area contributed by atoms with Crippen molar-refractivity contribution in [3.05, 3.63) is 35.8 Å². The Bertz CT molecular complexity index is 573. The van der Waals surface area contributed by atoms with Gasteiger partial charge >= 0.3 is 0 Å². The average Bonchev–Trinajstić information content (AvgIpc) is 2.78. The molecule has 0 amide bonds. The SMILES string of the molecule is COc1ccc(C(C)C)cc1-c1ncn(C)c1CN. The summed E-state index contributed by atoms with van der Waals surface area (Å²) in [5.41, 5.74) is 10.0. The molecule has 2 N–H and O–H groups in total. The molecular formula is C15H21N3O. The van der Waals surface area contributed by atoms with E-state index in [0.717, 1.165) is 22.7 Å². The molecule has 0 saturated heterocycles. The second kappa shape index (κ2) is 5.45. The zero-order chi connectivity index (χ0) is 14.0. The van der Waals surface area contributed by atoms with Gasteiger partial charge in [-0.25, -0.2) is 4.98 Å². The molecule has 0 radical (unpaired) electrons. The number of hydrogen-bond donors (Lipinski definition) is 1. The van der Waals surface area contributed by atoms with E-state index in [2.05, 4.69) is 31.0 Å². The number of methoxy groups -OCH3 is 1. The molecule has 0 aliphatic carbocycles. The van der Waals surface area contributed by atoms with Gasteiger partial charge in [0, 0.05) is 19.2 Å². The second-order valence-corrected chi connectivity index (χ2v) is 4.97. The lowest BCUT2D eigenvalue weighted by atomic mass is 9.98. The van der Waals surface area contributed by atoms with E-state index in [0.29, 0.717) is 12.5 Å². The molecule has 0 spiro atoms. The third-order valence-electron chi connectivity index (χ3n) is 3.40. The fraction of sp³-hybridized carbons (Fsp3) is 0.400. The normalized spacial score (nSPS) is 11.1. The first-order valence-corrected chi connectivity index (χ1v) is 6.47. The van der Waals surface area contributed by atoms with E-state index in [1.165, 1.54) is 5.56 Å². The maximum Gasteiger partial charge on any atom is 0.128 e. The Morgan fingerprint density at radius 1 is 1.37 bits per heavy atom. The molecule has 0 atom stereocenters. The summed E-state index contributed by atoms with van der Waals surface area (Å²) in [4.78, 5) is 4.47. The average molecular weight is 259 g/mol. The highest BCUT2D eigenvalue weighted by atomic mass is 16.5. The smallest absolute Gasteiger partial charge is 0.128 e. The zero-order valence-corrected chi connectivity index (χ0v) is 12.0. The van der Waals surface area contributed by atoms with Crippen LogP contribution in [0.1, 0.15) is 31.0 Å². The third-order valence-corrected chi connectivity index (χ3v) is 3.40. The van der Waals surface area contributed by atoms with Crippen molar-refractivity contribution in [1.82, 2.24) is 9.55 Å². The van der Waals surface area contributed by atoms with Gasteiger partial charge in [0.05, 0.1) is 24.8 Å². The van der Waals surface area contributed by atoms with Crippen molar-refractivity contribution in [3.63, 3.8) is 0 Å². The highest BCUT2D eigenvalue weighted by Crippen LogP contribution is 2.33. The minimum absolute atomic E-state index is 0.459. The fourth-order valence-corrected chi connectivity index (χ4v) is 2.19. The van der Waals surface area contributed by atoms with Gasteiger partial charge in [-0.05, 0) is 23.6 Å². The summed E-state index contributed by atoms with van der Waals surface area (Å²) in [6.45, 7) is 4.81. The zero-order valence-electron chi connectivity index (χ0n) is 12.0. The maximum absolute atomic E-state index is 5.82. The monoisotopic (exact) mass is 259 g/mol. The molecule has 0 unspecified atom stereocenters. The number of rotatable bonds is 4. The van der Waals surface area contributed by atoms with Crippen LogP contribution in [0.5, 0.6) is 5.75 Å². The topological polar surface area (TPSA) is 53.1 Å². The van der Waals surface area contributed by atoms with Gasteiger partial charge < -0.3 is 15.0 Å². The number of nitrogens with zero attached hydrogens (tertiary/aromatic N) is 2. The maximum atomic E-state index is 5.82. The van der Waals surface area contributed by atoms with Crippen LogP contribution in [0.15, 0.2) is 24.5 Å². The molecule has 2 aromatic rings. The molecule has 1 heterocycles. The summed E-state index contributed by atoms with van der Waals surface area (Å²) < 4.78 is 7.41. The fourth-order valence-electron chi connectivity index (χ4n) is 2.19. The number of aryl methyl sites for hydroxylation is 1. The van der Waals surface area contributed by atoms with Gasteiger partial charge in [-0.3, -0.25) is 0 Å². The lowest BCUT2D eigenvalue weighted by molar-refractivity contribution is 0.416. The minimum atomic E-state index is 0.459. The van der Waals surface area contributed by atoms with E-state index < -0.39 is 0 Å². The van der Waals surface area contributed by atoms with Gasteiger partial charge in [-0.1, -0.05) is 19.9 Å². The van der Waals surface area contributed by atoms with E-state index in [4.69, 9.17) is 10.5 Å². The predicted molar refractivity (Wildman–Crippen MR) is 77.2 cm³/mol. The standard InChI is InChI=1S/C15H21N3O/c1-10(2)11-5-6-14(19-4)12(7-11)15-13(8-16)18(3)9-17-15/h5-7,9-10H,8,16H2,1-4H3. The van der Waals surface area contributed by atoms with Gasteiger partial charge in [0.2, 0.25) is 0 Å². The largest absolute Gasteiger partial charge is 0.496 e. The number of ether oxygens (including phenoxy) is 1. The first kappa shape index (κ1) is 13.6. The molecule has 4 heteroatoms. The van der Waals surface area contributed by atoms with Crippen molar-refractivity contribution in [2.24, 2.45) is 12.8 Å². The highest BCUT2D eigenvalue weighted by Gasteiger charge is 2.15. The molecule has 0 saturated carbocycles. The number of benzene rings is 1. The Hall–Kier alpha value is -1.81. The third kappa shape index (κ3) is 2.49. The van der Waals surface area contributed by atoms with Crippen LogP contribution in [0.3, 0.4) is 0 Å². The summed E-state index contributed by atoms with van der Waals surface area (Å²) in [5, 5.41) is 0. The van der Waals surface area contributed by atoms with Gasteiger partial charge in [0.15, 0.2) is 0 Å². The van der Waals surface area contributed by atoms with Crippen molar-refractivity contribution in [3.8, 4) is 17.0 Å². The lowest BCUT2D eigenvalue weighted by Gasteiger charge is -2.12. The van der Waals surface area contributed by atoms with Crippen LogP contribution >= 0.6 is 0 Å². The minimum Gasteiger partial charge on any atom is -0.496 e. The van der Waals surface area contributed by atoms with E-state index in [-0.39, 0.29) is 0 Å². The van der Waals surface area contributed by atoms with Crippen molar-refractivity contribution in [2.45, 2.75) is 26.3 Å². The van der Waals surface area contributed by atoms with Crippen LogP contribution < -0.4 is 10.5 Å². The number of nitrogens with two attached hydrogens (primary N) is 1. The Morgan fingerprint density at radius 3 is 2.68 bits per heavy atom. The van der Waals surface area contributed by atoms with Crippen LogP contribution in [0.2, 0.25) is 0 Å². The molecule has 1 aromatic carbocycles. The van der Waals surface area contributed by atoms with Gasteiger partial charge in [-0.15, -0.1) is 0 Å². The second-order valence-electron chi connectivity index (χ2n) is 4.97. The van der Waals surface area contributed by atoms with Crippen molar-refractivity contribution in [2.75, 3.05) is 7.11 Å².